The van der Waals surface area contributed by atoms with Crippen LogP contribution in [-0.2, 0) is 0 Å². The Labute approximate surface area is 156 Å². The molecule has 0 saturated carbocycles. The normalized spacial score (nSPS) is 20.1. The van der Waals surface area contributed by atoms with Gasteiger partial charge in [-0.2, -0.15) is 0 Å². The molecule has 0 aliphatic carbocycles. The fourth-order valence-corrected chi connectivity index (χ4v) is 4.41. The fourth-order valence-electron chi connectivity index (χ4n) is 3.98. The second-order valence-electron chi connectivity index (χ2n) is 6.42. The maximum absolute atomic E-state index is 6.57. The molecule has 2 unspecified atom stereocenters. The molecule has 124 valence electrons. The number of fused-ring (bicyclic) bond motifs is 2. The number of anilines is 2. The Morgan fingerprint density at radius 2 is 1.84 bits per heavy atom. The van der Waals surface area contributed by atoms with E-state index in [1.807, 2.05) is 24.4 Å². The number of nitrogens with one attached hydrogen (secondary N) is 2. The van der Waals surface area contributed by atoms with Gasteiger partial charge in [-0.3, -0.25) is 0 Å². The van der Waals surface area contributed by atoms with E-state index in [1.54, 1.807) is 0 Å². The van der Waals surface area contributed by atoms with Crippen LogP contribution in [0.25, 0.3) is 11.1 Å². The maximum Gasteiger partial charge on any atom is 0.130 e. The zero-order valence-corrected chi connectivity index (χ0v) is 14.8. The Kier molecular flexibility index (Phi) is 3.40. The van der Waals surface area contributed by atoms with Gasteiger partial charge in [-0.05, 0) is 29.3 Å². The molecule has 5 rings (SSSR count). The van der Waals surface area contributed by atoms with Gasteiger partial charge >= 0.3 is 0 Å². The van der Waals surface area contributed by atoms with E-state index in [2.05, 4.69) is 45.9 Å². The highest BCUT2D eigenvalue weighted by Crippen LogP contribution is 2.50. The monoisotopic (exact) mass is 367 g/mol. The van der Waals surface area contributed by atoms with Crippen LogP contribution in [0.15, 0.2) is 54.7 Å². The van der Waals surface area contributed by atoms with Crippen LogP contribution < -0.4 is 10.6 Å². The Balaban J connectivity index is 1.78. The SMILES string of the molecule is Clc1cccc(C2Nc3ccccc3-c3ccnc4c3C2CN4)c1Cl. The molecule has 5 heteroatoms. The quantitative estimate of drug-likeness (QED) is 0.576. The van der Waals surface area contributed by atoms with Gasteiger partial charge in [0.2, 0.25) is 0 Å². The number of benzene rings is 2. The second-order valence-corrected chi connectivity index (χ2v) is 7.20. The molecule has 0 saturated heterocycles. The van der Waals surface area contributed by atoms with Crippen molar-refractivity contribution in [3.05, 3.63) is 75.9 Å². The highest BCUT2D eigenvalue weighted by atomic mass is 35.5. The first-order valence-electron chi connectivity index (χ1n) is 8.26. The molecule has 0 fully saturated rings. The molecule has 0 radical (unpaired) electrons. The molecule has 25 heavy (non-hydrogen) atoms. The third-order valence-electron chi connectivity index (χ3n) is 5.10. The smallest absolute Gasteiger partial charge is 0.130 e. The van der Waals surface area contributed by atoms with Crippen molar-refractivity contribution in [2.24, 2.45) is 0 Å². The second kappa shape index (κ2) is 5.65. The van der Waals surface area contributed by atoms with E-state index in [4.69, 9.17) is 23.2 Å². The van der Waals surface area contributed by atoms with Crippen molar-refractivity contribution in [3.63, 3.8) is 0 Å². The van der Waals surface area contributed by atoms with Crippen molar-refractivity contribution in [3.8, 4) is 11.1 Å². The van der Waals surface area contributed by atoms with Gasteiger partial charge in [0.15, 0.2) is 0 Å². The highest BCUT2D eigenvalue weighted by molar-refractivity contribution is 6.42. The molecule has 2 aliphatic rings. The summed E-state index contributed by atoms with van der Waals surface area (Å²) in [5.41, 5.74) is 5.78. The Morgan fingerprint density at radius 3 is 2.76 bits per heavy atom. The number of aromatic nitrogens is 1. The zero-order chi connectivity index (χ0) is 17.0. The number of hydrogen-bond acceptors (Lipinski definition) is 3. The van der Waals surface area contributed by atoms with Crippen molar-refractivity contribution in [2.45, 2.75) is 12.0 Å². The van der Waals surface area contributed by atoms with Crippen LogP contribution >= 0.6 is 23.2 Å². The molecular weight excluding hydrogens is 353 g/mol. The summed E-state index contributed by atoms with van der Waals surface area (Å²) >= 11 is 12.9. The Bertz CT molecular complexity index is 986. The van der Waals surface area contributed by atoms with Crippen molar-refractivity contribution < 1.29 is 0 Å². The van der Waals surface area contributed by atoms with Crippen molar-refractivity contribution in [1.82, 2.24) is 4.98 Å². The van der Waals surface area contributed by atoms with E-state index in [9.17, 15) is 0 Å². The van der Waals surface area contributed by atoms with E-state index >= 15 is 0 Å². The third kappa shape index (κ3) is 2.23. The van der Waals surface area contributed by atoms with Gasteiger partial charge in [-0.1, -0.05) is 53.5 Å². The van der Waals surface area contributed by atoms with Crippen LogP contribution in [0.2, 0.25) is 10.0 Å². The Hall–Kier alpha value is -2.23. The number of rotatable bonds is 1. The standard InChI is InChI=1S/C20H15Cl2N3/c21-15-6-3-5-13(18(15)22)19-14-10-24-20-17(14)12(8-9-23-20)11-4-1-2-7-16(11)25-19/h1-9,14,19,25H,10H2,(H,23,24). The molecule has 2 aromatic carbocycles. The number of halogens is 2. The molecule has 2 aliphatic heterocycles. The van der Waals surface area contributed by atoms with E-state index in [0.29, 0.717) is 10.0 Å². The molecule has 3 aromatic rings. The van der Waals surface area contributed by atoms with Crippen LogP contribution in [0, 0.1) is 0 Å². The van der Waals surface area contributed by atoms with Crippen LogP contribution in [0.5, 0.6) is 0 Å². The number of para-hydroxylation sites is 1. The lowest BCUT2D eigenvalue weighted by molar-refractivity contribution is 0.638. The first-order valence-corrected chi connectivity index (χ1v) is 9.02. The van der Waals surface area contributed by atoms with Crippen LogP contribution in [-0.4, -0.2) is 11.5 Å². The van der Waals surface area contributed by atoms with Gasteiger partial charge in [0, 0.05) is 35.5 Å². The van der Waals surface area contributed by atoms with Crippen LogP contribution in [0.1, 0.15) is 23.1 Å². The summed E-state index contributed by atoms with van der Waals surface area (Å²) in [5.74, 6) is 1.19. The molecule has 1 aromatic heterocycles. The minimum Gasteiger partial charge on any atom is -0.377 e. The van der Waals surface area contributed by atoms with Crippen molar-refractivity contribution in [2.75, 3.05) is 17.2 Å². The number of pyridine rings is 1. The third-order valence-corrected chi connectivity index (χ3v) is 5.93. The predicted molar refractivity (Wildman–Crippen MR) is 104 cm³/mol. The predicted octanol–water partition coefficient (Wildman–Crippen LogP) is 5.73. The van der Waals surface area contributed by atoms with Gasteiger partial charge in [0.1, 0.15) is 5.82 Å². The van der Waals surface area contributed by atoms with E-state index in [0.717, 1.165) is 23.6 Å². The van der Waals surface area contributed by atoms with Gasteiger partial charge in [0.05, 0.1) is 16.1 Å². The van der Waals surface area contributed by atoms with E-state index < -0.39 is 0 Å². The molecule has 3 nitrogen and oxygen atoms in total. The Morgan fingerprint density at radius 1 is 0.960 bits per heavy atom. The lowest BCUT2D eigenvalue weighted by Gasteiger charge is -2.26. The molecule has 0 spiro atoms. The fraction of sp³-hybridized carbons (Fsp3) is 0.150. The molecule has 0 bridgehead atoms. The molecular formula is C20H15Cl2N3. The maximum atomic E-state index is 6.57. The van der Waals surface area contributed by atoms with E-state index in [1.165, 1.54) is 16.7 Å². The molecule has 2 atom stereocenters. The summed E-state index contributed by atoms with van der Waals surface area (Å²) in [6.07, 6.45) is 1.87. The van der Waals surface area contributed by atoms with E-state index in [-0.39, 0.29) is 12.0 Å². The van der Waals surface area contributed by atoms with Gasteiger partial charge in [-0.15, -0.1) is 0 Å². The summed E-state index contributed by atoms with van der Waals surface area (Å²) in [4.78, 5) is 4.54. The van der Waals surface area contributed by atoms with Gasteiger partial charge < -0.3 is 10.6 Å². The lowest BCUT2D eigenvalue weighted by Crippen LogP contribution is -2.20. The number of nitrogens with zero attached hydrogens (tertiary/aromatic N) is 1. The lowest BCUT2D eigenvalue weighted by atomic mass is 9.87. The minimum atomic E-state index is 0.0200. The van der Waals surface area contributed by atoms with Crippen molar-refractivity contribution >= 4 is 34.7 Å². The molecule has 3 heterocycles. The number of hydrogen-bond donors (Lipinski definition) is 2. The first kappa shape index (κ1) is 15.1. The summed E-state index contributed by atoms with van der Waals surface area (Å²) in [6.45, 7) is 0.813. The molecule has 2 N–H and O–H groups in total. The van der Waals surface area contributed by atoms with Crippen LogP contribution in [0.4, 0.5) is 11.5 Å². The summed E-state index contributed by atoms with van der Waals surface area (Å²) < 4.78 is 0. The first-order chi connectivity index (χ1) is 12.2. The highest BCUT2D eigenvalue weighted by Gasteiger charge is 2.37. The van der Waals surface area contributed by atoms with Crippen molar-refractivity contribution in [1.29, 1.82) is 0 Å². The zero-order valence-electron chi connectivity index (χ0n) is 13.3. The average molecular weight is 368 g/mol. The largest absolute Gasteiger partial charge is 0.377 e. The van der Waals surface area contributed by atoms with Crippen LogP contribution in [0.3, 0.4) is 0 Å². The van der Waals surface area contributed by atoms with Gasteiger partial charge in [0.25, 0.3) is 0 Å². The minimum absolute atomic E-state index is 0.0200. The summed E-state index contributed by atoms with van der Waals surface area (Å²) in [7, 11) is 0. The molecule has 0 amide bonds. The van der Waals surface area contributed by atoms with Gasteiger partial charge in [-0.25, -0.2) is 4.98 Å². The topological polar surface area (TPSA) is 37.0 Å². The average Bonchev–Trinajstić information content (AvgIpc) is 3.00. The summed E-state index contributed by atoms with van der Waals surface area (Å²) in [5, 5.41) is 8.35. The summed E-state index contributed by atoms with van der Waals surface area (Å²) in [6, 6.07) is 16.3.